The Balaban J connectivity index is 1.59. The highest BCUT2D eigenvalue weighted by molar-refractivity contribution is 6.34. The van der Waals surface area contributed by atoms with E-state index in [9.17, 15) is 18.4 Å². The molecule has 0 saturated heterocycles. The molecule has 1 aliphatic rings. The molecule has 0 radical (unpaired) electrons. The van der Waals surface area contributed by atoms with Crippen LogP contribution in [0.25, 0.3) is 5.70 Å². The van der Waals surface area contributed by atoms with Gasteiger partial charge in [-0.1, -0.05) is 53.5 Å². The van der Waals surface area contributed by atoms with Crippen molar-refractivity contribution in [3.63, 3.8) is 0 Å². The van der Waals surface area contributed by atoms with Gasteiger partial charge in [0.15, 0.2) is 0 Å². The molecule has 0 fully saturated rings. The molecular weight excluding hydrogens is 488 g/mol. The molecule has 0 bridgehead atoms. The number of benzene rings is 2. The number of alkyl halides is 3. The highest BCUT2D eigenvalue weighted by atomic mass is 35.5. The second-order valence-electron chi connectivity index (χ2n) is 7.54. The molecule has 0 amide bonds. The summed E-state index contributed by atoms with van der Waals surface area (Å²) < 4.78 is 42.4. The van der Waals surface area contributed by atoms with Crippen LogP contribution >= 0.6 is 23.2 Å². The number of hydrogen-bond acceptors (Lipinski definition) is 5. The Morgan fingerprint density at radius 2 is 1.79 bits per heavy atom. The van der Waals surface area contributed by atoms with Crippen LogP contribution in [0.1, 0.15) is 28.4 Å². The number of halogens is 5. The molecule has 5 nitrogen and oxygen atoms in total. The maximum atomic E-state index is 14.1. The first-order valence-corrected chi connectivity index (χ1v) is 10.8. The van der Waals surface area contributed by atoms with Crippen molar-refractivity contribution in [2.24, 2.45) is 0 Å². The van der Waals surface area contributed by atoms with Crippen LogP contribution in [0.2, 0.25) is 10.0 Å². The van der Waals surface area contributed by atoms with Gasteiger partial charge in [0.25, 0.3) is 0 Å². The molecule has 10 heteroatoms. The Kier molecular flexibility index (Phi) is 6.82. The standard InChI is InChI=1S/C24H17Cl2F3N4O/c25-18-9-17(10-19(26)11-18)23(24(27,28)29)12-21(33-34-23)15-4-6-16(7-5-15)22(13-30)32-14-20-3-1-2-8-31-20/h1-12,22,32-33H,14H2. The lowest BCUT2D eigenvalue weighted by molar-refractivity contribution is -0.269. The Labute approximate surface area is 203 Å². The fourth-order valence-corrected chi connectivity index (χ4v) is 4.08. The predicted molar refractivity (Wildman–Crippen MR) is 122 cm³/mol. The van der Waals surface area contributed by atoms with Gasteiger partial charge in [0.05, 0.1) is 17.5 Å². The second-order valence-corrected chi connectivity index (χ2v) is 8.41. The number of nitrogens with zero attached hydrogens (tertiary/aromatic N) is 2. The lowest BCUT2D eigenvalue weighted by Crippen LogP contribution is -2.42. The molecule has 4 rings (SSSR count). The van der Waals surface area contributed by atoms with E-state index in [0.717, 1.165) is 23.9 Å². The predicted octanol–water partition coefficient (Wildman–Crippen LogP) is 6.08. The zero-order valence-electron chi connectivity index (χ0n) is 17.4. The first-order valence-electron chi connectivity index (χ1n) is 10.1. The number of nitrogens with one attached hydrogen (secondary N) is 2. The highest BCUT2D eigenvalue weighted by Crippen LogP contribution is 2.48. The SMILES string of the molecule is N#CC(NCc1ccccn1)c1ccc(C2=CC(c3cc(Cl)cc(Cl)c3)(C(F)(F)F)ON2)cc1. The normalized spacial score (nSPS) is 18.6. The van der Waals surface area contributed by atoms with E-state index in [4.69, 9.17) is 28.0 Å². The van der Waals surface area contributed by atoms with Crippen molar-refractivity contribution >= 4 is 28.9 Å². The zero-order chi connectivity index (χ0) is 24.3. The maximum Gasteiger partial charge on any atom is 0.428 e. The Hall–Kier alpha value is -3.09. The minimum absolute atomic E-state index is 0.0571. The number of aromatic nitrogens is 1. The van der Waals surface area contributed by atoms with Crippen LogP contribution in [0.15, 0.2) is 72.9 Å². The van der Waals surface area contributed by atoms with E-state index in [1.54, 1.807) is 36.5 Å². The minimum atomic E-state index is -4.79. The van der Waals surface area contributed by atoms with E-state index in [0.29, 0.717) is 17.7 Å². The van der Waals surface area contributed by atoms with Crippen molar-refractivity contribution in [1.82, 2.24) is 15.8 Å². The van der Waals surface area contributed by atoms with Gasteiger partial charge in [-0.3, -0.25) is 20.6 Å². The smallest absolute Gasteiger partial charge is 0.293 e. The zero-order valence-corrected chi connectivity index (χ0v) is 18.9. The van der Waals surface area contributed by atoms with Crippen molar-refractivity contribution in [2.75, 3.05) is 0 Å². The maximum absolute atomic E-state index is 14.1. The summed E-state index contributed by atoms with van der Waals surface area (Å²) in [6.07, 6.45) is -2.18. The molecule has 2 unspecified atom stereocenters. The number of hydroxylamine groups is 1. The number of rotatable bonds is 6. The summed E-state index contributed by atoms with van der Waals surface area (Å²) in [5.41, 5.74) is 1.37. The van der Waals surface area contributed by atoms with Gasteiger partial charge in [-0.05, 0) is 47.5 Å². The molecular formula is C24H17Cl2F3N4O. The van der Waals surface area contributed by atoms with E-state index in [1.165, 1.54) is 6.07 Å². The summed E-state index contributed by atoms with van der Waals surface area (Å²) in [6.45, 7) is 0.387. The molecule has 2 heterocycles. The van der Waals surface area contributed by atoms with E-state index >= 15 is 0 Å². The minimum Gasteiger partial charge on any atom is -0.293 e. The summed E-state index contributed by atoms with van der Waals surface area (Å²) >= 11 is 11.9. The molecule has 2 N–H and O–H groups in total. The van der Waals surface area contributed by atoms with Gasteiger partial charge in [0.1, 0.15) is 6.04 Å². The topological polar surface area (TPSA) is 70.0 Å². The molecule has 3 aromatic rings. The average Bonchev–Trinajstić information content (AvgIpc) is 3.27. The first-order chi connectivity index (χ1) is 16.2. The highest BCUT2D eigenvalue weighted by Gasteiger charge is 2.59. The molecule has 1 aromatic heterocycles. The van der Waals surface area contributed by atoms with Crippen LogP contribution in [-0.4, -0.2) is 11.2 Å². The van der Waals surface area contributed by atoms with Gasteiger partial charge in [-0.2, -0.15) is 18.4 Å². The van der Waals surface area contributed by atoms with Crippen LogP contribution in [0.4, 0.5) is 13.2 Å². The Bertz CT molecular complexity index is 1220. The van der Waals surface area contributed by atoms with Gasteiger partial charge in [0, 0.05) is 28.4 Å². The van der Waals surface area contributed by atoms with E-state index in [-0.39, 0.29) is 21.3 Å². The molecule has 174 valence electrons. The largest absolute Gasteiger partial charge is 0.428 e. The lowest BCUT2D eigenvalue weighted by atomic mass is 9.91. The van der Waals surface area contributed by atoms with Crippen LogP contribution < -0.4 is 10.8 Å². The van der Waals surface area contributed by atoms with E-state index < -0.39 is 17.8 Å². The molecule has 34 heavy (non-hydrogen) atoms. The van der Waals surface area contributed by atoms with E-state index in [1.807, 2.05) is 12.1 Å². The Morgan fingerprint density at radius 3 is 2.38 bits per heavy atom. The fourth-order valence-electron chi connectivity index (χ4n) is 3.56. The van der Waals surface area contributed by atoms with E-state index in [2.05, 4.69) is 21.9 Å². The van der Waals surface area contributed by atoms with Gasteiger partial charge < -0.3 is 0 Å². The molecule has 0 saturated carbocycles. The molecule has 1 aliphatic heterocycles. The van der Waals surface area contributed by atoms with Crippen molar-refractivity contribution in [2.45, 2.75) is 24.4 Å². The third-order valence-electron chi connectivity index (χ3n) is 5.28. The third kappa shape index (κ3) is 4.88. The summed E-state index contributed by atoms with van der Waals surface area (Å²) in [5, 5.41) is 12.8. The van der Waals surface area contributed by atoms with Crippen molar-refractivity contribution in [3.05, 3.63) is 105 Å². The van der Waals surface area contributed by atoms with Crippen LogP contribution in [0.5, 0.6) is 0 Å². The van der Waals surface area contributed by atoms with Gasteiger partial charge in [0.2, 0.25) is 5.60 Å². The Morgan fingerprint density at radius 1 is 1.09 bits per heavy atom. The first kappa shape index (κ1) is 24.0. The monoisotopic (exact) mass is 504 g/mol. The summed E-state index contributed by atoms with van der Waals surface area (Å²) in [4.78, 5) is 9.30. The fraction of sp³-hybridized carbons (Fsp3) is 0.167. The second kappa shape index (κ2) is 9.65. The van der Waals surface area contributed by atoms with Crippen molar-refractivity contribution < 1.29 is 18.0 Å². The third-order valence-corrected chi connectivity index (χ3v) is 5.72. The molecule has 2 atom stereocenters. The average molecular weight is 505 g/mol. The van der Waals surface area contributed by atoms with Crippen molar-refractivity contribution in [3.8, 4) is 6.07 Å². The van der Waals surface area contributed by atoms with Crippen LogP contribution in [0, 0.1) is 11.3 Å². The number of nitriles is 1. The van der Waals surface area contributed by atoms with Gasteiger partial charge in [-0.15, -0.1) is 0 Å². The number of pyridine rings is 1. The summed E-state index contributed by atoms with van der Waals surface area (Å²) in [6, 6.07) is 17.3. The molecule has 2 aromatic carbocycles. The van der Waals surface area contributed by atoms with Crippen LogP contribution in [-0.2, 0) is 17.0 Å². The molecule has 0 spiro atoms. The van der Waals surface area contributed by atoms with Crippen LogP contribution in [0.3, 0.4) is 0 Å². The quantitative estimate of drug-likeness (QED) is 0.425. The van der Waals surface area contributed by atoms with Gasteiger partial charge >= 0.3 is 6.18 Å². The lowest BCUT2D eigenvalue weighted by Gasteiger charge is -2.28. The van der Waals surface area contributed by atoms with Crippen molar-refractivity contribution in [1.29, 1.82) is 5.26 Å². The summed E-state index contributed by atoms with van der Waals surface area (Å²) in [7, 11) is 0. The molecule has 0 aliphatic carbocycles. The number of hydrogen-bond donors (Lipinski definition) is 2. The summed E-state index contributed by atoms with van der Waals surface area (Å²) in [5.74, 6) is 0. The van der Waals surface area contributed by atoms with Gasteiger partial charge in [-0.25, -0.2) is 0 Å².